The molecule has 33 heavy (non-hydrogen) atoms. The molecule has 1 amide bonds. The maximum Gasteiger partial charge on any atom is 0.410 e. The highest BCUT2D eigenvalue weighted by Crippen LogP contribution is 2.40. The van der Waals surface area contributed by atoms with Crippen molar-refractivity contribution in [1.82, 2.24) is 10.2 Å². The first-order chi connectivity index (χ1) is 15.8. The van der Waals surface area contributed by atoms with Crippen LogP contribution in [-0.2, 0) is 11.3 Å². The number of carbonyl (C=O) groups is 1. The van der Waals surface area contributed by atoms with E-state index in [9.17, 15) is 23.8 Å². The van der Waals surface area contributed by atoms with Gasteiger partial charge in [-0.05, 0) is 43.7 Å². The average Bonchev–Trinajstić information content (AvgIpc) is 3.55. The fourth-order valence-corrected chi connectivity index (χ4v) is 5.30. The molecule has 2 saturated carbocycles. The number of aliphatic hydroxyl groups excluding tert-OH is 3. The molecular weight excluding hydrogens is 434 g/mol. The molecule has 0 bridgehead atoms. The number of likely N-dealkylation sites (tertiary alicyclic amines) is 1. The molecule has 5 rings (SSSR count). The number of halogens is 2. The van der Waals surface area contributed by atoms with Crippen molar-refractivity contribution in [3.8, 4) is 0 Å². The van der Waals surface area contributed by atoms with E-state index in [2.05, 4.69) is 5.32 Å². The monoisotopic (exact) mass is 470 g/mol. The van der Waals surface area contributed by atoms with Gasteiger partial charge in [0, 0.05) is 38.1 Å². The molecule has 0 spiro atoms. The molecule has 2 aliphatic carbocycles. The van der Waals surface area contributed by atoms with Gasteiger partial charge in [0.05, 0.1) is 12.2 Å². The van der Waals surface area contributed by atoms with Crippen LogP contribution in [0, 0.1) is 23.7 Å². The number of amides is 1. The van der Waals surface area contributed by atoms with E-state index in [1.807, 2.05) is 30.3 Å². The predicted octanol–water partition coefficient (Wildman–Crippen LogP) is 1.90. The Balaban J connectivity index is 0.000000196. The van der Waals surface area contributed by atoms with Crippen LogP contribution >= 0.6 is 0 Å². The number of ether oxygens (including phenoxy) is 1. The summed E-state index contributed by atoms with van der Waals surface area (Å²) in [5.41, 5.74) is 0.934. The van der Waals surface area contributed by atoms with E-state index in [-0.39, 0.29) is 37.1 Å². The van der Waals surface area contributed by atoms with Gasteiger partial charge in [0.1, 0.15) is 19.0 Å². The molecule has 1 aromatic carbocycles. The summed E-state index contributed by atoms with van der Waals surface area (Å²) in [6, 6.07) is 9.47. The van der Waals surface area contributed by atoms with Gasteiger partial charge < -0.3 is 30.3 Å². The zero-order valence-corrected chi connectivity index (χ0v) is 19.0. The summed E-state index contributed by atoms with van der Waals surface area (Å²) >= 11 is 0. The van der Waals surface area contributed by atoms with Crippen LogP contribution in [0.3, 0.4) is 0 Å². The van der Waals surface area contributed by atoms with Crippen LogP contribution in [0.1, 0.15) is 25.3 Å². The normalized spacial score (nSPS) is 36.2. The van der Waals surface area contributed by atoms with Crippen molar-refractivity contribution in [2.45, 2.75) is 50.9 Å². The van der Waals surface area contributed by atoms with E-state index < -0.39 is 24.6 Å². The summed E-state index contributed by atoms with van der Waals surface area (Å²) in [5.74, 6) is 0.499. The van der Waals surface area contributed by atoms with Crippen molar-refractivity contribution in [2.75, 3.05) is 32.8 Å². The Bertz CT molecular complexity index is 741. The van der Waals surface area contributed by atoms with Gasteiger partial charge in [-0.15, -0.1) is 0 Å². The Morgan fingerprint density at radius 1 is 1.03 bits per heavy atom. The Hall–Kier alpha value is -1.81. The molecule has 2 saturated heterocycles. The molecular formula is C24H36F2N2O5. The number of alkyl halides is 2. The Morgan fingerprint density at radius 2 is 1.64 bits per heavy atom. The van der Waals surface area contributed by atoms with Gasteiger partial charge in [0.15, 0.2) is 0 Å². The van der Waals surface area contributed by atoms with E-state index in [0.717, 1.165) is 18.7 Å². The highest BCUT2D eigenvalue weighted by molar-refractivity contribution is 5.68. The predicted molar refractivity (Wildman–Crippen MR) is 119 cm³/mol. The summed E-state index contributed by atoms with van der Waals surface area (Å²) < 4.78 is 31.4. The lowest BCUT2D eigenvalue weighted by atomic mass is 10.00. The van der Waals surface area contributed by atoms with E-state index in [1.165, 1.54) is 0 Å². The second-order valence-corrected chi connectivity index (χ2v) is 9.25. The summed E-state index contributed by atoms with van der Waals surface area (Å²) in [5, 5.41) is 29.7. The lowest BCUT2D eigenvalue weighted by Crippen LogP contribution is -2.33. The maximum atomic E-state index is 13.4. The first-order valence-electron chi connectivity index (χ1n) is 11.8. The highest BCUT2D eigenvalue weighted by atomic mass is 19.1. The van der Waals surface area contributed by atoms with Crippen LogP contribution in [0.15, 0.2) is 30.3 Å². The van der Waals surface area contributed by atoms with Crippen LogP contribution in [-0.4, -0.2) is 83.6 Å². The number of fused-ring (bicyclic) bond motifs is 2. The lowest BCUT2D eigenvalue weighted by Gasteiger charge is -2.19. The lowest BCUT2D eigenvalue weighted by molar-refractivity contribution is 0.0588. The van der Waals surface area contributed by atoms with Crippen molar-refractivity contribution in [1.29, 1.82) is 0 Å². The van der Waals surface area contributed by atoms with Crippen molar-refractivity contribution in [2.24, 2.45) is 23.7 Å². The van der Waals surface area contributed by atoms with Crippen molar-refractivity contribution in [3.63, 3.8) is 0 Å². The number of hydrogen-bond donors (Lipinski definition) is 4. The zero-order valence-electron chi connectivity index (χ0n) is 19.0. The van der Waals surface area contributed by atoms with E-state index in [1.54, 1.807) is 11.8 Å². The first kappa shape index (κ1) is 25.8. The minimum Gasteiger partial charge on any atom is -0.445 e. The number of rotatable bonds is 2. The summed E-state index contributed by atoms with van der Waals surface area (Å²) in [7, 11) is 0. The number of carbonyl (C=O) groups excluding carboxylic acids is 1. The van der Waals surface area contributed by atoms with Gasteiger partial charge in [-0.3, -0.25) is 0 Å². The molecule has 4 aliphatic rings. The summed E-state index contributed by atoms with van der Waals surface area (Å²) in [4.78, 5) is 13.5. The van der Waals surface area contributed by atoms with Crippen LogP contribution in [0.25, 0.3) is 0 Å². The van der Waals surface area contributed by atoms with Crippen molar-refractivity contribution >= 4 is 6.09 Å². The molecule has 186 valence electrons. The zero-order chi connectivity index (χ0) is 24.0. The SMILES string of the molecule is CCO.O=C(OCc1ccccc1)N1C[C@@H]2C[C@@H](F)[C@@H](O)[C@@H]2C1.O[C@H]1[C@@H]2CNC[C@@H]2C[C@H]1F. The molecule has 7 nitrogen and oxygen atoms in total. The first-order valence-corrected chi connectivity index (χ1v) is 11.8. The standard InChI is InChI=1S/C15H18FNO3.C7H12FNO.C2H6O/c16-13-6-11-7-17(8-12(11)14(13)18)15(19)20-9-10-4-2-1-3-5-10;8-6-1-4-2-9-3-5(4)7(6)10;1-2-3/h1-5,11-14,18H,6-9H2;4-7,9-10H,1-3H2;3H,2H2,1H3/t11-,12+,13+,14-;4-,5+,6+,7-;/m00./s1. The minimum absolute atomic E-state index is 0.0595. The quantitative estimate of drug-likeness (QED) is 0.527. The molecule has 0 aromatic heterocycles. The molecule has 2 heterocycles. The van der Waals surface area contributed by atoms with Gasteiger partial charge in [0.2, 0.25) is 0 Å². The number of benzene rings is 1. The Morgan fingerprint density at radius 3 is 2.24 bits per heavy atom. The molecule has 1 aromatic rings. The van der Waals surface area contributed by atoms with Gasteiger partial charge in [0.25, 0.3) is 0 Å². The Labute approximate surface area is 193 Å². The fraction of sp³-hybridized carbons (Fsp3) is 0.708. The summed E-state index contributed by atoms with van der Waals surface area (Å²) in [6.45, 7) is 4.73. The molecule has 4 fully saturated rings. The number of hydrogen-bond acceptors (Lipinski definition) is 6. The van der Waals surface area contributed by atoms with E-state index in [4.69, 9.17) is 9.84 Å². The molecule has 2 aliphatic heterocycles. The maximum absolute atomic E-state index is 13.4. The van der Waals surface area contributed by atoms with Crippen LogP contribution in [0.4, 0.5) is 13.6 Å². The number of nitrogens with one attached hydrogen (secondary N) is 1. The van der Waals surface area contributed by atoms with E-state index >= 15 is 0 Å². The van der Waals surface area contributed by atoms with E-state index in [0.29, 0.717) is 31.8 Å². The molecule has 0 unspecified atom stereocenters. The average molecular weight is 471 g/mol. The molecule has 9 heteroatoms. The molecule has 8 atom stereocenters. The van der Waals surface area contributed by atoms with Gasteiger partial charge in [-0.1, -0.05) is 30.3 Å². The molecule has 0 radical (unpaired) electrons. The van der Waals surface area contributed by atoms with Gasteiger partial charge >= 0.3 is 6.09 Å². The van der Waals surface area contributed by atoms with Crippen LogP contribution < -0.4 is 5.32 Å². The van der Waals surface area contributed by atoms with Gasteiger partial charge in [-0.25, -0.2) is 13.6 Å². The van der Waals surface area contributed by atoms with Gasteiger partial charge in [-0.2, -0.15) is 0 Å². The third kappa shape index (κ3) is 6.41. The van der Waals surface area contributed by atoms with Crippen LogP contribution in [0.5, 0.6) is 0 Å². The number of nitrogens with zero attached hydrogens (tertiary/aromatic N) is 1. The topological polar surface area (TPSA) is 102 Å². The highest BCUT2D eigenvalue weighted by Gasteiger charge is 2.49. The third-order valence-corrected chi connectivity index (χ3v) is 7.02. The van der Waals surface area contributed by atoms with Crippen molar-refractivity contribution in [3.05, 3.63) is 35.9 Å². The second-order valence-electron chi connectivity index (χ2n) is 9.25. The number of aliphatic hydroxyl groups is 3. The second kappa shape index (κ2) is 12.1. The summed E-state index contributed by atoms with van der Waals surface area (Å²) in [6.07, 6.45) is -3.23. The van der Waals surface area contributed by atoms with Crippen LogP contribution in [0.2, 0.25) is 0 Å². The Kier molecular flexibility index (Phi) is 9.43. The smallest absolute Gasteiger partial charge is 0.410 e. The fourth-order valence-electron chi connectivity index (χ4n) is 5.30. The largest absolute Gasteiger partial charge is 0.445 e. The minimum atomic E-state index is -1.15. The van der Waals surface area contributed by atoms with Crippen molar-refractivity contribution < 1.29 is 33.6 Å². The third-order valence-electron chi connectivity index (χ3n) is 7.02. The molecule has 4 N–H and O–H groups in total.